The summed E-state index contributed by atoms with van der Waals surface area (Å²) in [7, 11) is 1.67. The number of nitrogens with one attached hydrogen (secondary N) is 1. The summed E-state index contributed by atoms with van der Waals surface area (Å²) in [5, 5.41) is 2.57. The number of hydrogen-bond donors (Lipinski definition) is 1. The number of rotatable bonds is 7. The Balaban J connectivity index is 1.52. The van der Waals surface area contributed by atoms with E-state index in [4.69, 9.17) is 9.26 Å². The van der Waals surface area contributed by atoms with Crippen molar-refractivity contribution in [3.63, 3.8) is 0 Å². The Kier molecular flexibility index (Phi) is 6.18. The number of ether oxygens (including phenoxy) is 1. The number of H-pyrrole nitrogens is 1. The number of nitrogens with zero attached hydrogens (tertiary/aromatic N) is 3. The molecule has 1 N–H and O–H groups in total. The molecule has 2 heterocycles. The molecule has 0 bridgehead atoms. The van der Waals surface area contributed by atoms with Gasteiger partial charge >= 0.3 is 17.3 Å². The van der Waals surface area contributed by atoms with Crippen LogP contribution in [0.15, 0.2) is 63.9 Å². The molecule has 0 radical (unpaired) electrons. The van der Waals surface area contributed by atoms with Gasteiger partial charge in [0.25, 0.3) is 5.91 Å². The number of aromatic amines is 1. The monoisotopic (exact) mass is 451 g/mol. The number of benzene rings is 2. The van der Waals surface area contributed by atoms with Crippen molar-refractivity contribution in [1.29, 1.82) is 0 Å². The molecular weight excluding hydrogens is 428 g/mol. The number of imide groups is 1. The highest BCUT2D eigenvalue weighted by Gasteiger charge is 2.43. The number of carbonyl (C=O) groups is 3. The van der Waals surface area contributed by atoms with Crippen LogP contribution >= 0.6 is 0 Å². The normalized spacial score (nSPS) is 16.0. The first-order chi connectivity index (χ1) is 15.9. The highest BCUT2D eigenvalue weighted by atomic mass is 16.5. The van der Waals surface area contributed by atoms with Crippen molar-refractivity contribution >= 4 is 23.5 Å². The first kappa shape index (κ1) is 22.2. The van der Waals surface area contributed by atoms with Gasteiger partial charge in [-0.05, 0) is 48.2 Å². The van der Waals surface area contributed by atoms with E-state index in [1.54, 1.807) is 31.0 Å². The van der Waals surface area contributed by atoms with Crippen molar-refractivity contribution in [2.45, 2.75) is 25.9 Å². The fourth-order valence-electron chi connectivity index (χ4n) is 3.75. The van der Waals surface area contributed by atoms with Crippen LogP contribution in [0.25, 0.3) is 5.69 Å². The molecule has 1 atom stereocenters. The summed E-state index contributed by atoms with van der Waals surface area (Å²) in [5.41, 5.74) is 1.13. The van der Waals surface area contributed by atoms with Gasteiger partial charge in [0.05, 0.1) is 36.9 Å². The SMILES string of the molecule is CCOC(=O)c1ccc(N2C(=O)CC(N(C)Cc3c(=O)o[nH][n+]3-c3ccccc3)C2=O)cc1. The molecule has 1 aliphatic heterocycles. The van der Waals surface area contributed by atoms with E-state index in [1.165, 1.54) is 28.9 Å². The quantitative estimate of drug-likeness (QED) is 0.326. The molecule has 0 aliphatic carbocycles. The van der Waals surface area contributed by atoms with Crippen LogP contribution in [0.2, 0.25) is 0 Å². The highest BCUT2D eigenvalue weighted by Crippen LogP contribution is 2.26. The van der Waals surface area contributed by atoms with Gasteiger partial charge in [-0.3, -0.25) is 19.0 Å². The van der Waals surface area contributed by atoms with Crippen molar-refractivity contribution in [2.24, 2.45) is 0 Å². The molecule has 0 saturated carbocycles. The van der Waals surface area contributed by atoms with Crippen LogP contribution in [0, 0.1) is 0 Å². The van der Waals surface area contributed by atoms with Gasteiger partial charge < -0.3 is 4.74 Å². The van der Waals surface area contributed by atoms with Crippen LogP contribution < -0.4 is 15.2 Å². The lowest BCUT2D eigenvalue weighted by Crippen LogP contribution is -2.45. The molecule has 170 valence electrons. The average Bonchev–Trinajstić information content (AvgIpc) is 3.33. The minimum atomic E-state index is -0.749. The highest BCUT2D eigenvalue weighted by molar-refractivity contribution is 6.22. The Morgan fingerprint density at radius 3 is 2.52 bits per heavy atom. The largest absolute Gasteiger partial charge is 0.462 e. The molecule has 1 aliphatic rings. The molecule has 2 aromatic carbocycles. The summed E-state index contributed by atoms with van der Waals surface area (Å²) in [4.78, 5) is 52.6. The number of amides is 2. The van der Waals surface area contributed by atoms with Crippen molar-refractivity contribution in [2.75, 3.05) is 18.6 Å². The van der Waals surface area contributed by atoms with Crippen LogP contribution in [-0.2, 0) is 20.9 Å². The minimum absolute atomic E-state index is 0.0317. The number of anilines is 1. The molecule has 2 amide bonds. The number of esters is 1. The zero-order chi connectivity index (χ0) is 23.5. The van der Waals surface area contributed by atoms with E-state index >= 15 is 0 Å². The van der Waals surface area contributed by atoms with Gasteiger partial charge in [-0.2, -0.15) is 0 Å². The third-order valence-electron chi connectivity index (χ3n) is 5.44. The van der Waals surface area contributed by atoms with Crippen molar-refractivity contribution < 1.29 is 28.3 Å². The fourth-order valence-corrected chi connectivity index (χ4v) is 3.75. The number of carbonyl (C=O) groups excluding carboxylic acids is 3. The van der Waals surface area contributed by atoms with Gasteiger partial charge in [0.15, 0.2) is 0 Å². The second kappa shape index (κ2) is 9.21. The molecular formula is C23H23N4O6+. The third kappa shape index (κ3) is 4.33. The first-order valence-electron chi connectivity index (χ1n) is 10.4. The predicted molar refractivity (Wildman–Crippen MR) is 116 cm³/mol. The van der Waals surface area contributed by atoms with Gasteiger partial charge in [0, 0.05) is 12.1 Å². The number of hydrogen-bond acceptors (Lipinski definition) is 7. The van der Waals surface area contributed by atoms with E-state index in [1.807, 2.05) is 18.2 Å². The van der Waals surface area contributed by atoms with E-state index in [0.29, 0.717) is 22.6 Å². The molecule has 33 heavy (non-hydrogen) atoms. The van der Waals surface area contributed by atoms with Crippen LogP contribution in [0.4, 0.5) is 5.69 Å². The molecule has 10 heteroatoms. The number of para-hydroxylation sites is 1. The van der Waals surface area contributed by atoms with E-state index in [0.717, 1.165) is 4.90 Å². The molecule has 10 nitrogen and oxygen atoms in total. The molecule has 1 aromatic heterocycles. The Bertz CT molecular complexity index is 1230. The van der Waals surface area contributed by atoms with Crippen molar-refractivity contribution in [3.8, 4) is 5.69 Å². The second-order valence-electron chi connectivity index (χ2n) is 7.57. The summed E-state index contributed by atoms with van der Waals surface area (Å²) >= 11 is 0. The predicted octanol–water partition coefficient (Wildman–Crippen LogP) is 1.19. The van der Waals surface area contributed by atoms with E-state index in [-0.39, 0.29) is 25.5 Å². The summed E-state index contributed by atoms with van der Waals surface area (Å²) in [6.07, 6.45) is -0.0317. The lowest BCUT2D eigenvalue weighted by molar-refractivity contribution is -0.678. The molecule has 1 fully saturated rings. The summed E-state index contributed by atoms with van der Waals surface area (Å²) in [6, 6.07) is 14.5. The van der Waals surface area contributed by atoms with Crippen LogP contribution in [0.5, 0.6) is 0 Å². The minimum Gasteiger partial charge on any atom is -0.462 e. The maximum atomic E-state index is 13.1. The summed E-state index contributed by atoms with van der Waals surface area (Å²) < 4.78 is 11.4. The van der Waals surface area contributed by atoms with E-state index in [9.17, 15) is 19.2 Å². The van der Waals surface area contributed by atoms with Crippen LogP contribution in [-0.4, -0.2) is 47.7 Å². The smallest absolute Gasteiger partial charge is 0.431 e. The van der Waals surface area contributed by atoms with Crippen molar-refractivity contribution in [1.82, 2.24) is 10.2 Å². The Morgan fingerprint density at radius 2 is 1.85 bits per heavy atom. The van der Waals surface area contributed by atoms with Gasteiger partial charge in [0.2, 0.25) is 11.6 Å². The van der Waals surface area contributed by atoms with Gasteiger partial charge in [-0.1, -0.05) is 18.2 Å². The summed E-state index contributed by atoms with van der Waals surface area (Å²) in [6.45, 7) is 2.05. The number of aromatic nitrogens is 2. The standard InChI is InChI=1S/C23H22N4O6/c1-3-32-22(30)15-9-11-16(12-10-15)26-20(28)13-18(21(26)29)25(2)14-19-23(31)33-24-27(19)17-7-5-4-6-8-17/h4-12,18H,3,13-14H2,1-2H3/p+1. The maximum Gasteiger partial charge on any atom is 0.431 e. The lowest BCUT2D eigenvalue weighted by atomic mass is 10.2. The fraction of sp³-hybridized carbons (Fsp3) is 0.261. The molecule has 0 spiro atoms. The van der Waals surface area contributed by atoms with Crippen LogP contribution in [0.3, 0.4) is 0 Å². The van der Waals surface area contributed by atoms with E-state index < -0.39 is 23.5 Å². The second-order valence-corrected chi connectivity index (χ2v) is 7.57. The third-order valence-corrected chi connectivity index (χ3v) is 5.44. The topological polar surface area (TPSA) is 117 Å². The zero-order valence-corrected chi connectivity index (χ0v) is 18.2. The van der Waals surface area contributed by atoms with E-state index in [2.05, 4.69) is 5.27 Å². The van der Waals surface area contributed by atoms with Crippen LogP contribution in [0.1, 0.15) is 29.4 Å². The Hall–Kier alpha value is -4.05. The molecule has 4 rings (SSSR count). The summed E-state index contributed by atoms with van der Waals surface area (Å²) in [5.74, 6) is -1.24. The number of likely N-dealkylation sites (N-methyl/N-ethyl adjacent to an activating group) is 1. The Morgan fingerprint density at radius 1 is 1.15 bits per heavy atom. The maximum absolute atomic E-state index is 13.1. The van der Waals surface area contributed by atoms with Crippen molar-refractivity contribution in [3.05, 3.63) is 76.3 Å². The lowest BCUT2D eigenvalue weighted by Gasteiger charge is -2.21. The molecule has 1 unspecified atom stereocenters. The zero-order valence-electron chi connectivity index (χ0n) is 18.2. The molecule has 1 saturated heterocycles. The molecule has 3 aromatic rings. The Labute approximate surface area is 188 Å². The van der Waals surface area contributed by atoms with Gasteiger partial charge in [0.1, 0.15) is 0 Å². The first-order valence-corrected chi connectivity index (χ1v) is 10.4. The van der Waals surface area contributed by atoms with Gasteiger partial charge in [-0.25, -0.2) is 14.5 Å². The van der Waals surface area contributed by atoms with Gasteiger partial charge in [-0.15, -0.1) is 0 Å². The average molecular weight is 451 g/mol.